The number of aryl methyl sites for hydroxylation is 1. The Balaban J connectivity index is 2.37. The summed E-state index contributed by atoms with van der Waals surface area (Å²) in [5.41, 5.74) is 5.25. The van der Waals surface area contributed by atoms with Crippen molar-refractivity contribution in [3.63, 3.8) is 0 Å². The molecule has 3 heteroatoms. The van der Waals surface area contributed by atoms with Crippen LogP contribution in [0.2, 0.25) is 0 Å². The molecule has 1 aromatic carbocycles. The molecule has 84 valence electrons. The average molecular weight is 216 g/mol. The first-order valence-electron chi connectivity index (χ1n) is 5.69. The number of rotatable bonds is 1. The second-order valence-corrected chi connectivity index (χ2v) is 4.34. The zero-order chi connectivity index (χ0) is 11.1. The molecule has 0 radical (unpaired) electrons. The number of methoxy groups -OCH3 is 1. The fourth-order valence-corrected chi connectivity index (χ4v) is 2.53. The van der Waals surface area contributed by atoms with Crippen LogP contribution in [0.5, 0.6) is 5.75 Å². The van der Waals surface area contributed by atoms with Crippen molar-refractivity contribution >= 4 is 10.9 Å². The smallest absolute Gasteiger partial charge is 0.128 e. The Morgan fingerprint density at radius 2 is 2.19 bits per heavy atom. The molecule has 16 heavy (non-hydrogen) atoms. The minimum absolute atomic E-state index is 0.940. The molecule has 3 nitrogen and oxygen atoms in total. The predicted octanol–water partition coefficient (Wildman–Crippen LogP) is 2.13. The first kappa shape index (κ1) is 9.73. The van der Waals surface area contributed by atoms with Crippen LogP contribution in [0.25, 0.3) is 10.9 Å². The number of hydrogen-bond acceptors (Lipinski definition) is 2. The summed E-state index contributed by atoms with van der Waals surface area (Å²) < 4.78 is 5.46. The number of aromatic amines is 1. The zero-order valence-electron chi connectivity index (χ0n) is 9.68. The molecule has 0 atom stereocenters. The summed E-state index contributed by atoms with van der Waals surface area (Å²) in [5.74, 6) is 0.974. The van der Waals surface area contributed by atoms with E-state index in [2.05, 4.69) is 29.4 Å². The van der Waals surface area contributed by atoms with Gasteiger partial charge in [0.05, 0.1) is 12.6 Å². The highest BCUT2D eigenvalue weighted by Gasteiger charge is 2.18. The van der Waals surface area contributed by atoms with Crippen LogP contribution in [0.3, 0.4) is 0 Å². The van der Waals surface area contributed by atoms with Crippen molar-refractivity contribution in [3.8, 4) is 5.75 Å². The van der Waals surface area contributed by atoms with Crippen molar-refractivity contribution in [1.82, 2.24) is 10.3 Å². The summed E-state index contributed by atoms with van der Waals surface area (Å²) in [5, 5.41) is 4.67. The molecule has 0 fully saturated rings. The van der Waals surface area contributed by atoms with E-state index < -0.39 is 0 Å². The maximum absolute atomic E-state index is 5.46. The van der Waals surface area contributed by atoms with Crippen molar-refractivity contribution in [2.75, 3.05) is 13.7 Å². The average Bonchev–Trinajstić information content (AvgIpc) is 2.70. The Morgan fingerprint density at radius 1 is 1.31 bits per heavy atom. The Bertz CT molecular complexity index is 542. The lowest BCUT2D eigenvalue weighted by Crippen LogP contribution is -2.22. The molecule has 0 bridgehead atoms. The van der Waals surface area contributed by atoms with Gasteiger partial charge in [-0.1, -0.05) is 6.07 Å². The first-order chi connectivity index (χ1) is 7.81. The lowest BCUT2D eigenvalue weighted by atomic mass is 10.0. The van der Waals surface area contributed by atoms with Crippen molar-refractivity contribution in [3.05, 3.63) is 29.0 Å². The van der Waals surface area contributed by atoms with E-state index in [1.54, 1.807) is 7.11 Å². The third kappa shape index (κ3) is 1.25. The summed E-state index contributed by atoms with van der Waals surface area (Å²) in [4.78, 5) is 3.54. The van der Waals surface area contributed by atoms with Gasteiger partial charge in [-0.15, -0.1) is 0 Å². The van der Waals surface area contributed by atoms with Crippen molar-refractivity contribution < 1.29 is 4.74 Å². The molecular formula is C13H16N2O. The number of ether oxygens (including phenoxy) is 1. The number of hydrogen-bond donors (Lipinski definition) is 2. The number of benzene rings is 1. The highest BCUT2D eigenvalue weighted by Crippen LogP contribution is 2.34. The minimum atomic E-state index is 0.940. The van der Waals surface area contributed by atoms with Crippen molar-refractivity contribution in [1.29, 1.82) is 0 Å². The fraction of sp³-hybridized carbons (Fsp3) is 0.385. The molecule has 0 amide bonds. The van der Waals surface area contributed by atoms with Crippen LogP contribution in [0.1, 0.15) is 16.8 Å². The van der Waals surface area contributed by atoms with E-state index >= 15 is 0 Å². The molecule has 0 saturated heterocycles. The highest BCUT2D eigenvalue weighted by molar-refractivity contribution is 5.93. The van der Waals surface area contributed by atoms with Crippen molar-refractivity contribution in [2.24, 2.45) is 0 Å². The molecule has 2 aromatic rings. The Kier molecular flexibility index (Phi) is 2.14. The Hall–Kier alpha value is -1.48. The van der Waals surface area contributed by atoms with Crippen LogP contribution < -0.4 is 10.1 Å². The summed E-state index contributed by atoms with van der Waals surface area (Å²) >= 11 is 0. The molecule has 1 aliphatic heterocycles. The van der Waals surface area contributed by atoms with E-state index in [-0.39, 0.29) is 0 Å². The lowest BCUT2D eigenvalue weighted by Gasteiger charge is -2.13. The monoisotopic (exact) mass is 216 g/mol. The Labute approximate surface area is 94.8 Å². The number of fused-ring (bicyclic) bond motifs is 3. The summed E-state index contributed by atoms with van der Waals surface area (Å²) in [6.45, 7) is 4.13. The summed E-state index contributed by atoms with van der Waals surface area (Å²) in [6, 6.07) is 4.16. The molecule has 0 unspecified atom stereocenters. The van der Waals surface area contributed by atoms with Crippen molar-refractivity contribution in [2.45, 2.75) is 19.9 Å². The van der Waals surface area contributed by atoms with Gasteiger partial charge < -0.3 is 15.0 Å². The lowest BCUT2D eigenvalue weighted by molar-refractivity contribution is 0.419. The van der Waals surface area contributed by atoms with E-state index in [9.17, 15) is 0 Å². The maximum atomic E-state index is 5.46. The van der Waals surface area contributed by atoms with Crippen LogP contribution in [0.4, 0.5) is 0 Å². The topological polar surface area (TPSA) is 37.0 Å². The van der Waals surface area contributed by atoms with Gasteiger partial charge >= 0.3 is 0 Å². The van der Waals surface area contributed by atoms with Gasteiger partial charge in [-0.05, 0) is 24.1 Å². The summed E-state index contributed by atoms with van der Waals surface area (Å²) in [7, 11) is 1.74. The molecule has 1 aromatic heterocycles. The van der Waals surface area contributed by atoms with E-state index in [4.69, 9.17) is 4.74 Å². The molecular weight excluding hydrogens is 200 g/mol. The third-order valence-corrected chi connectivity index (χ3v) is 3.39. The van der Waals surface area contributed by atoms with Crippen LogP contribution in [0, 0.1) is 6.92 Å². The predicted molar refractivity (Wildman–Crippen MR) is 65.0 cm³/mol. The molecule has 2 heterocycles. The molecule has 0 saturated carbocycles. The largest absolute Gasteiger partial charge is 0.496 e. The number of aromatic nitrogens is 1. The van der Waals surface area contributed by atoms with Crippen LogP contribution in [0.15, 0.2) is 12.1 Å². The van der Waals surface area contributed by atoms with Gasteiger partial charge in [0.25, 0.3) is 0 Å². The quantitative estimate of drug-likeness (QED) is 0.766. The SMILES string of the molecule is COc1ccc(C)c2[nH]c3c(c12)CNCC3. The van der Waals surface area contributed by atoms with Gasteiger partial charge in [0.15, 0.2) is 0 Å². The van der Waals surface area contributed by atoms with E-state index in [1.807, 2.05) is 0 Å². The minimum Gasteiger partial charge on any atom is -0.496 e. The molecule has 0 spiro atoms. The van der Waals surface area contributed by atoms with E-state index in [1.165, 1.54) is 27.7 Å². The molecule has 2 N–H and O–H groups in total. The van der Waals surface area contributed by atoms with Gasteiger partial charge in [0.1, 0.15) is 5.75 Å². The van der Waals surface area contributed by atoms with Gasteiger partial charge in [0.2, 0.25) is 0 Å². The Morgan fingerprint density at radius 3 is 3.00 bits per heavy atom. The second kappa shape index (κ2) is 3.52. The third-order valence-electron chi connectivity index (χ3n) is 3.39. The molecule has 0 aliphatic carbocycles. The standard InChI is InChI=1S/C13H16N2O/c1-8-3-4-11(16-2)12-9-7-14-6-5-10(9)15-13(8)12/h3-4,14-15H,5-7H2,1-2H3. The fourth-order valence-electron chi connectivity index (χ4n) is 2.53. The van der Waals surface area contributed by atoms with Crippen LogP contribution in [-0.4, -0.2) is 18.6 Å². The first-order valence-corrected chi connectivity index (χ1v) is 5.69. The van der Waals surface area contributed by atoms with E-state index in [0.717, 1.165) is 25.3 Å². The van der Waals surface area contributed by atoms with E-state index in [0.29, 0.717) is 0 Å². The number of nitrogens with one attached hydrogen (secondary N) is 2. The summed E-state index contributed by atoms with van der Waals surface area (Å²) in [6.07, 6.45) is 1.08. The highest BCUT2D eigenvalue weighted by atomic mass is 16.5. The second-order valence-electron chi connectivity index (χ2n) is 4.34. The molecule has 1 aliphatic rings. The zero-order valence-corrected chi connectivity index (χ0v) is 9.68. The van der Waals surface area contributed by atoms with Gasteiger partial charge in [-0.2, -0.15) is 0 Å². The van der Waals surface area contributed by atoms with Crippen LogP contribution >= 0.6 is 0 Å². The normalized spacial score (nSPS) is 15.1. The van der Waals surface area contributed by atoms with Gasteiger partial charge in [0, 0.05) is 30.6 Å². The number of H-pyrrole nitrogens is 1. The van der Waals surface area contributed by atoms with Gasteiger partial charge in [-0.25, -0.2) is 0 Å². The maximum Gasteiger partial charge on any atom is 0.128 e. The van der Waals surface area contributed by atoms with Crippen LogP contribution in [-0.2, 0) is 13.0 Å². The molecule has 3 rings (SSSR count). The van der Waals surface area contributed by atoms with Gasteiger partial charge in [-0.3, -0.25) is 0 Å².